The van der Waals surface area contributed by atoms with Crippen molar-refractivity contribution in [3.63, 3.8) is 0 Å². The third kappa shape index (κ3) is 3.01. The van der Waals surface area contributed by atoms with Crippen molar-refractivity contribution in [2.75, 3.05) is 39.8 Å². The molecule has 1 unspecified atom stereocenters. The molecule has 1 aromatic carbocycles. The van der Waals surface area contributed by atoms with Gasteiger partial charge in [-0.15, -0.1) is 0 Å². The molecule has 0 aromatic heterocycles. The fraction of sp³-hybridized carbons (Fsp3) is 0.538. The third-order valence-corrected chi connectivity index (χ3v) is 3.76. The Balaban J connectivity index is 2.17. The van der Waals surface area contributed by atoms with Crippen molar-refractivity contribution in [2.24, 2.45) is 5.73 Å². The van der Waals surface area contributed by atoms with Gasteiger partial charge in [0.25, 0.3) is 0 Å². The number of hydrogen-bond donors (Lipinski definition) is 1. The lowest BCUT2D eigenvalue weighted by atomic mass is 10.0. The molecule has 1 aliphatic heterocycles. The molecule has 0 radical (unpaired) electrons. The summed E-state index contributed by atoms with van der Waals surface area (Å²) in [6.45, 7) is 4.24. The summed E-state index contributed by atoms with van der Waals surface area (Å²) in [6.07, 6.45) is 0. The van der Waals surface area contributed by atoms with E-state index in [1.807, 2.05) is 0 Å². The molecular weight excluding hydrogens is 253 g/mol. The lowest BCUT2D eigenvalue weighted by Gasteiger charge is -2.37. The summed E-state index contributed by atoms with van der Waals surface area (Å²) in [4.78, 5) is 4.51. The second-order valence-electron chi connectivity index (χ2n) is 4.76. The van der Waals surface area contributed by atoms with Gasteiger partial charge < -0.3 is 10.6 Å². The summed E-state index contributed by atoms with van der Waals surface area (Å²) in [6, 6.07) is 4.76. The summed E-state index contributed by atoms with van der Waals surface area (Å²) in [5.41, 5.74) is 6.47. The molecule has 3 nitrogen and oxygen atoms in total. The number of halogens is 2. The second-order valence-corrected chi connectivity index (χ2v) is 5.19. The van der Waals surface area contributed by atoms with Crippen LogP contribution in [0.4, 0.5) is 4.39 Å². The van der Waals surface area contributed by atoms with Gasteiger partial charge in [-0.25, -0.2) is 4.39 Å². The fourth-order valence-corrected chi connectivity index (χ4v) is 2.54. The Bertz CT molecular complexity index is 405. The maximum Gasteiger partial charge on any atom is 0.129 e. The number of nitrogens with zero attached hydrogens (tertiary/aromatic N) is 2. The molecule has 0 amide bonds. The Morgan fingerprint density at radius 2 is 2.00 bits per heavy atom. The van der Waals surface area contributed by atoms with E-state index in [1.165, 1.54) is 6.07 Å². The monoisotopic (exact) mass is 271 g/mol. The lowest BCUT2D eigenvalue weighted by Crippen LogP contribution is -2.47. The Labute approximate surface area is 112 Å². The summed E-state index contributed by atoms with van der Waals surface area (Å²) in [5, 5.41) is 0.422. The minimum atomic E-state index is -0.267. The number of benzene rings is 1. The van der Waals surface area contributed by atoms with Crippen LogP contribution in [0.2, 0.25) is 5.02 Å². The lowest BCUT2D eigenvalue weighted by molar-refractivity contribution is 0.113. The molecule has 1 aromatic rings. The molecule has 1 aliphatic rings. The molecule has 0 aliphatic carbocycles. The van der Waals surface area contributed by atoms with Crippen LogP contribution in [-0.2, 0) is 0 Å². The van der Waals surface area contributed by atoms with Crippen LogP contribution in [0.1, 0.15) is 11.6 Å². The average molecular weight is 272 g/mol. The van der Waals surface area contributed by atoms with E-state index in [4.69, 9.17) is 17.3 Å². The molecule has 2 rings (SSSR count). The van der Waals surface area contributed by atoms with Crippen molar-refractivity contribution in [1.82, 2.24) is 9.80 Å². The molecule has 1 heterocycles. The predicted octanol–water partition coefficient (Wildman–Crippen LogP) is 1.73. The van der Waals surface area contributed by atoms with Crippen LogP contribution in [0.25, 0.3) is 0 Å². The molecule has 2 N–H and O–H groups in total. The molecule has 0 bridgehead atoms. The first-order valence-corrected chi connectivity index (χ1v) is 6.57. The minimum absolute atomic E-state index is 0.0593. The quantitative estimate of drug-likeness (QED) is 0.909. The van der Waals surface area contributed by atoms with Gasteiger partial charge in [0, 0.05) is 43.3 Å². The summed E-state index contributed by atoms with van der Waals surface area (Å²) in [7, 11) is 2.09. The topological polar surface area (TPSA) is 32.5 Å². The van der Waals surface area contributed by atoms with E-state index in [-0.39, 0.29) is 11.9 Å². The van der Waals surface area contributed by atoms with Crippen molar-refractivity contribution >= 4 is 11.6 Å². The summed E-state index contributed by atoms with van der Waals surface area (Å²) < 4.78 is 13.9. The van der Waals surface area contributed by atoms with Gasteiger partial charge in [-0.3, -0.25) is 4.90 Å². The van der Waals surface area contributed by atoms with Crippen LogP contribution in [0.5, 0.6) is 0 Å². The average Bonchev–Trinajstić information content (AvgIpc) is 2.35. The molecule has 1 fully saturated rings. The van der Waals surface area contributed by atoms with Crippen LogP contribution in [0.3, 0.4) is 0 Å². The van der Waals surface area contributed by atoms with Crippen LogP contribution in [-0.4, -0.2) is 49.6 Å². The number of rotatable bonds is 3. The molecule has 0 spiro atoms. The molecule has 1 atom stereocenters. The van der Waals surface area contributed by atoms with Crippen molar-refractivity contribution in [3.05, 3.63) is 34.6 Å². The highest BCUT2D eigenvalue weighted by molar-refractivity contribution is 6.30. The van der Waals surface area contributed by atoms with E-state index in [0.717, 1.165) is 26.2 Å². The van der Waals surface area contributed by atoms with E-state index in [9.17, 15) is 4.39 Å². The molecule has 18 heavy (non-hydrogen) atoms. The zero-order valence-electron chi connectivity index (χ0n) is 10.6. The van der Waals surface area contributed by atoms with E-state index in [0.29, 0.717) is 17.1 Å². The standard InChI is InChI=1S/C13H19ClFN3/c1-17-4-6-18(7-5-17)13(9-16)11-3-2-10(14)8-12(11)15/h2-3,8,13H,4-7,9,16H2,1H3. The van der Waals surface area contributed by atoms with Crippen LogP contribution < -0.4 is 5.73 Å². The van der Waals surface area contributed by atoms with Gasteiger partial charge in [0.05, 0.1) is 6.04 Å². The number of hydrogen-bond acceptors (Lipinski definition) is 3. The molecule has 100 valence electrons. The third-order valence-electron chi connectivity index (χ3n) is 3.52. The first-order valence-electron chi connectivity index (χ1n) is 6.19. The molecule has 5 heteroatoms. The molecule has 1 saturated heterocycles. The fourth-order valence-electron chi connectivity index (χ4n) is 2.38. The van der Waals surface area contributed by atoms with Crippen LogP contribution in [0, 0.1) is 5.82 Å². The first kappa shape index (κ1) is 13.7. The summed E-state index contributed by atoms with van der Waals surface area (Å²) >= 11 is 5.78. The van der Waals surface area contributed by atoms with Gasteiger partial charge in [-0.05, 0) is 19.2 Å². The van der Waals surface area contributed by atoms with Gasteiger partial charge in [0.1, 0.15) is 5.82 Å². The van der Waals surface area contributed by atoms with Crippen LogP contribution in [0.15, 0.2) is 18.2 Å². The normalized spacial score (nSPS) is 20.0. The SMILES string of the molecule is CN1CCN(C(CN)c2ccc(Cl)cc2F)CC1. The highest BCUT2D eigenvalue weighted by Gasteiger charge is 2.24. The number of likely N-dealkylation sites (N-methyl/N-ethyl adjacent to an activating group) is 1. The second kappa shape index (κ2) is 5.97. The van der Waals surface area contributed by atoms with E-state index >= 15 is 0 Å². The Morgan fingerprint density at radius 3 is 2.56 bits per heavy atom. The van der Waals surface area contributed by atoms with Crippen molar-refractivity contribution in [3.8, 4) is 0 Å². The smallest absolute Gasteiger partial charge is 0.129 e. The molecular formula is C13H19ClFN3. The Hall–Kier alpha value is -0.680. The Morgan fingerprint density at radius 1 is 1.33 bits per heavy atom. The van der Waals surface area contributed by atoms with Gasteiger partial charge in [-0.1, -0.05) is 17.7 Å². The minimum Gasteiger partial charge on any atom is -0.329 e. The van der Waals surface area contributed by atoms with Gasteiger partial charge in [-0.2, -0.15) is 0 Å². The maximum absolute atomic E-state index is 13.9. The van der Waals surface area contributed by atoms with Gasteiger partial charge >= 0.3 is 0 Å². The largest absolute Gasteiger partial charge is 0.329 e. The predicted molar refractivity (Wildman–Crippen MR) is 72.3 cm³/mol. The highest BCUT2D eigenvalue weighted by atomic mass is 35.5. The number of piperazine rings is 1. The number of nitrogens with two attached hydrogens (primary N) is 1. The molecule has 0 saturated carbocycles. The van der Waals surface area contributed by atoms with Gasteiger partial charge in [0.15, 0.2) is 0 Å². The van der Waals surface area contributed by atoms with E-state index < -0.39 is 0 Å². The van der Waals surface area contributed by atoms with E-state index in [1.54, 1.807) is 12.1 Å². The van der Waals surface area contributed by atoms with E-state index in [2.05, 4.69) is 16.8 Å². The van der Waals surface area contributed by atoms with Gasteiger partial charge in [0.2, 0.25) is 0 Å². The van der Waals surface area contributed by atoms with Crippen molar-refractivity contribution in [1.29, 1.82) is 0 Å². The zero-order chi connectivity index (χ0) is 13.1. The zero-order valence-corrected chi connectivity index (χ0v) is 11.3. The van der Waals surface area contributed by atoms with Crippen LogP contribution >= 0.6 is 11.6 Å². The van der Waals surface area contributed by atoms with Crippen molar-refractivity contribution < 1.29 is 4.39 Å². The summed E-state index contributed by atoms with van der Waals surface area (Å²) in [5.74, 6) is -0.267. The van der Waals surface area contributed by atoms with Crippen molar-refractivity contribution in [2.45, 2.75) is 6.04 Å². The maximum atomic E-state index is 13.9. The Kier molecular flexibility index (Phi) is 4.56. The highest BCUT2D eigenvalue weighted by Crippen LogP contribution is 2.25. The first-order chi connectivity index (χ1) is 8.61.